The fourth-order valence-corrected chi connectivity index (χ4v) is 3.62. The van der Waals surface area contributed by atoms with Gasteiger partial charge in [0, 0.05) is 5.56 Å². The number of aryl methyl sites for hydroxylation is 1. The van der Waals surface area contributed by atoms with E-state index in [9.17, 15) is 9.32 Å². The normalized spacial score (nSPS) is 12.3. The van der Waals surface area contributed by atoms with E-state index in [4.69, 9.17) is 5.14 Å². The highest BCUT2D eigenvalue weighted by Crippen LogP contribution is 2.33. The smallest absolute Gasteiger partial charge is 0.122 e. The summed E-state index contributed by atoms with van der Waals surface area (Å²) in [5, 5.41) is 19.6. The van der Waals surface area contributed by atoms with E-state index in [-0.39, 0.29) is 6.61 Å². The lowest BCUT2D eigenvalue weighted by Crippen LogP contribution is -2.08. The molecule has 1 atom stereocenters. The van der Waals surface area contributed by atoms with Crippen molar-refractivity contribution in [2.45, 2.75) is 18.4 Å². The van der Waals surface area contributed by atoms with E-state index in [2.05, 4.69) is 21.0 Å². The number of hydrogen-bond donors (Lipinski definition) is 2. The van der Waals surface area contributed by atoms with Crippen molar-refractivity contribution in [1.82, 2.24) is 9.78 Å². The highest BCUT2D eigenvalue weighted by atomic mass is 79.9. The summed E-state index contributed by atoms with van der Waals surface area (Å²) < 4.78 is 14.3. The summed E-state index contributed by atoms with van der Waals surface area (Å²) in [6.45, 7) is 1.68. The minimum atomic E-state index is -1.64. The predicted octanol–water partition coefficient (Wildman–Crippen LogP) is 3.08. The van der Waals surface area contributed by atoms with Crippen LogP contribution >= 0.6 is 15.9 Å². The first-order valence-electron chi connectivity index (χ1n) is 7.23. The number of hydrogen-bond acceptors (Lipinski definition) is 3. The molecule has 0 spiro atoms. The molecule has 124 valence electrons. The summed E-state index contributed by atoms with van der Waals surface area (Å²) in [7, 11) is -1.64. The lowest BCUT2D eigenvalue weighted by molar-refractivity contribution is 0.278. The molecule has 5 nitrogen and oxygen atoms in total. The minimum Gasteiger partial charge on any atom is -0.392 e. The SMILES string of the molecule is Cc1nn(-c2ccc(S(N)=O)c(CO)c2)c(-c2ccccc2)c1Br. The van der Waals surface area contributed by atoms with Crippen molar-refractivity contribution >= 4 is 26.9 Å². The van der Waals surface area contributed by atoms with Crippen molar-refractivity contribution < 1.29 is 9.32 Å². The number of aliphatic hydroxyl groups is 1. The number of aliphatic hydroxyl groups excluding tert-OH is 1. The monoisotopic (exact) mass is 405 g/mol. The molecule has 0 radical (unpaired) electrons. The highest BCUT2D eigenvalue weighted by molar-refractivity contribution is 9.10. The van der Waals surface area contributed by atoms with Gasteiger partial charge in [0.1, 0.15) is 11.0 Å². The number of aromatic nitrogens is 2. The van der Waals surface area contributed by atoms with Crippen LogP contribution < -0.4 is 5.14 Å². The molecule has 0 amide bonds. The second kappa shape index (κ2) is 6.98. The molecular weight excluding hydrogens is 390 g/mol. The molecule has 3 rings (SSSR count). The van der Waals surface area contributed by atoms with Crippen LogP contribution in [0.15, 0.2) is 57.9 Å². The number of rotatable bonds is 4. The van der Waals surface area contributed by atoms with Gasteiger partial charge in [0.2, 0.25) is 0 Å². The van der Waals surface area contributed by atoms with Crippen molar-refractivity contribution in [3.63, 3.8) is 0 Å². The Morgan fingerprint density at radius 1 is 1.25 bits per heavy atom. The number of nitrogens with two attached hydrogens (primary N) is 1. The Hall–Kier alpha value is -1.80. The van der Waals surface area contributed by atoms with Crippen LogP contribution in [0.3, 0.4) is 0 Å². The van der Waals surface area contributed by atoms with E-state index in [1.165, 1.54) is 0 Å². The van der Waals surface area contributed by atoms with Gasteiger partial charge in [-0.15, -0.1) is 0 Å². The zero-order valence-corrected chi connectivity index (χ0v) is 15.3. The van der Waals surface area contributed by atoms with Crippen molar-refractivity contribution in [2.24, 2.45) is 5.14 Å². The van der Waals surface area contributed by atoms with Gasteiger partial charge < -0.3 is 5.11 Å². The molecule has 0 fully saturated rings. The molecule has 1 aromatic heterocycles. The van der Waals surface area contributed by atoms with Crippen LogP contribution in [0.2, 0.25) is 0 Å². The van der Waals surface area contributed by atoms with Crippen molar-refractivity contribution in [2.75, 3.05) is 0 Å². The number of nitrogens with zero attached hydrogens (tertiary/aromatic N) is 2. The minimum absolute atomic E-state index is 0.242. The predicted molar refractivity (Wildman–Crippen MR) is 98.0 cm³/mol. The van der Waals surface area contributed by atoms with E-state index in [1.54, 1.807) is 22.9 Å². The molecule has 7 heteroatoms. The number of benzene rings is 2. The van der Waals surface area contributed by atoms with Crippen LogP contribution in [0.25, 0.3) is 16.9 Å². The summed E-state index contributed by atoms with van der Waals surface area (Å²) in [5.41, 5.74) is 4.07. The Morgan fingerprint density at radius 3 is 2.58 bits per heavy atom. The fourth-order valence-electron chi connectivity index (χ4n) is 2.56. The average Bonchev–Trinajstić information content (AvgIpc) is 2.90. The van der Waals surface area contributed by atoms with Crippen LogP contribution in [0.5, 0.6) is 0 Å². The van der Waals surface area contributed by atoms with Gasteiger partial charge in [0.25, 0.3) is 0 Å². The first-order chi connectivity index (χ1) is 11.5. The Balaban J connectivity index is 2.21. The second-order valence-electron chi connectivity index (χ2n) is 5.27. The fraction of sp³-hybridized carbons (Fsp3) is 0.118. The molecule has 2 aromatic carbocycles. The first kappa shape index (κ1) is 17.0. The standard InChI is InChI=1S/C17H16BrN3O2S/c1-11-16(18)17(12-5-3-2-4-6-12)21(20-11)14-7-8-15(24(19)23)13(9-14)10-22/h2-9,22H,10,19H2,1H3. The van der Waals surface area contributed by atoms with E-state index in [1.807, 2.05) is 37.3 Å². The average molecular weight is 406 g/mol. The lowest BCUT2D eigenvalue weighted by Gasteiger charge is -2.11. The number of halogens is 1. The van der Waals surface area contributed by atoms with Gasteiger partial charge in [0.15, 0.2) is 0 Å². The highest BCUT2D eigenvalue weighted by Gasteiger charge is 2.17. The molecule has 1 unspecified atom stereocenters. The third-order valence-electron chi connectivity index (χ3n) is 3.71. The van der Waals surface area contributed by atoms with E-state index >= 15 is 0 Å². The summed E-state index contributed by atoms with van der Waals surface area (Å²) in [5.74, 6) is 0. The van der Waals surface area contributed by atoms with Crippen LogP contribution in [0.4, 0.5) is 0 Å². The Morgan fingerprint density at radius 2 is 1.96 bits per heavy atom. The molecule has 0 aliphatic rings. The lowest BCUT2D eigenvalue weighted by atomic mass is 10.1. The van der Waals surface area contributed by atoms with E-state index in [0.717, 1.165) is 27.1 Å². The molecule has 3 N–H and O–H groups in total. The molecule has 0 aliphatic heterocycles. The third-order valence-corrected chi connectivity index (χ3v) is 5.49. The molecule has 0 aliphatic carbocycles. The topological polar surface area (TPSA) is 81.1 Å². The quantitative estimate of drug-likeness (QED) is 0.699. The van der Waals surface area contributed by atoms with E-state index in [0.29, 0.717) is 10.5 Å². The van der Waals surface area contributed by atoms with Gasteiger partial charge in [-0.25, -0.2) is 14.0 Å². The Kier molecular flexibility index (Phi) is 4.96. The van der Waals surface area contributed by atoms with Gasteiger partial charge >= 0.3 is 0 Å². The summed E-state index contributed by atoms with van der Waals surface area (Å²) in [4.78, 5) is 0.422. The molecule has 24 heavy (non-hydrogen) atoms. The molecule has 3 aromatic rings. The maximum Gasteiger partial charge on any atom is 0.122 e. The maximum absolute atomic E-state index is 11.6. The molecule has 0 saturated heterocycles. The van der Waals surface area contributed by atoms with Crippen LogP contribution in [0, 0.1) is 6.92 Å². The van der Waals surface area contributed by atoms with E-state index < -0.39 is 11.0 Å². The largest absolute Gasteiger partial charge is 0.392 e. The molecule has 1 heterocycles. The van der Waals surface area contributed by atoms with Gasteiger partial charge in [-0.1, -0.05) is 30.3 Å². The van der Waals surface area contributed by atoms with Gasteiger partial charge in [-0.2, -0.15) is 5.10 Å². The summed E-state index contributed by atoms with van der Waals surface area (Å²) in [6, 6.07) is 15.1. The second-order valence-corrected chi connectivity index (χ2v) is 7.10. The zero-order chi connectivity index (χ0) is 17.3. The van der Waals surface area contributed by atoms with Crippen molar-refractivity contribution in [1.29, 1.82) is 0 Å². The van der Waals surface area contributed by atoms with Crippen molar-refractivity contribution in [3.05, 3.63) is 64.3 Å². The van der Waals surface area contributed by atoms with Crippen molar-refractivity contribution in [3.8, 4) is 16.9 Å². The zero-order valence-electron chi connectivity index (χ0n) is 12.9. The maximum atomic E-state index is 11.6. The molecule has 0 saturated carbocycles. The Labute approximate surface area is 150 Å². The third kappa shape index (κ3) is 3.08. The first-order valence-corrected chi connectivity index (χ1v) is 9.24. The van der Waals surface area contributed by atoms with Gasteiger partial charge in [-0.3, -0.25) is 0 Å². The van der Waals surface area contributed by atoms with Crippen LogP contribution in [-0.2, 0) is 17.6 Å². The summed E-state index contributed by atoms with van der Waals surface area (Å²) >= 11 is 3.61. The van der Waals surface area contributed by atoms with Gasteiger partial charge in [0.05, 0.1) is 33.1 Å². The van der Waals surface area contributed by atoms with Gasteiger partial charge in [-0.05, 0) is 46.6 Å². The summed E-state index contributed by atoms with van der Waals surface area (Å²) in [6.07, 6.45) is 0. The Bertz CT molecular complexity index is 910. The van der Waals surface area contributed by atoms with Crippen LogP contribution in [-0.4, -0.2) is 19.1 Å². The molecular formula is C17H16BrN3O2S. The molecule has 0 bridgehead atoms. The van der Waals surface area contributed by atoms with Crippen LogP contribution in [0.1, 0.15) is 11.3 Å².